The van der Waals surface area contributed by atoms with E-state index in [1.54, 1.807) is 20.8 Å². The molecule has 2 aromatic carbocycles. The van der Waals surface area contributed by atoms with Gasteiger partial charge in [0.2, 0.25) is 6.04 Å². The molecule has 6 heteroatoms. The number of amides is 1. The summed E-state index contributed by atoms with van der Waals surface area (Å²) in [5, 5.41) is 16.7. The first-order chi connectivity index (χ1) is 13.3. The number of hydrogen-bond donors (Lipinski definition) is 2. The molecule has 3 rings (SSSR count). The standard InChI is InChI=1S/C22H25N3O3/c1-22(2,3)28-21(26)24-14-20(25(27)15-16-9-5-4-6-10-16)18-13-23-19-12-8-7-11-17(18)19/h4-13,15,20,23H,14H2,1-3H3,(H,24,26)/b25-15-. The van der Waals surface area contributed by atoms with Crippen molar-refractivity contribution >= 4 is 23.2 Å². The number of benzene rings is 2. The zero-order chi connectivity index (χ0) is 20.1. The Morgan fingerprint density at radius 2 is 1.86 bits per heavy atom. The van der Waals surface area contributed by atoms with Crippen LogP contribution in [-0.4, -0.2) is 34.2 Å². The predicted octanol–water partition coefficient (Wildman–Crippen LogP) is 4.36. The highest BCUT2D eigenvalue weighted by molar-refractivity contribution is 5.84. The number of alkyl carbamates (subject to hydrolysis) is 1. The van der Waals surface area contributed by atoms with Crippen LogP contribution in [0.25, 0.3) is 10.9 Å². The molecule has 0 aliphatic heterocycles. The fourth-order valence-corrected chi connectivity index (χ4v) is 2.98. The van der Waals surface area contributed by atoms with Crippen molar-refractivity contribution < 1.29 is 14.3 Å². The molecule has 1 unspecified atom stereocenters. The summed E-state index contributed by atoms with van der Waals surface area (Å²) in [5.74, 6) is 0. The van der Waals surface area contributed by atoms with Gasteiger partial charge in [0, 0.05) is 28.2 Å². The summed E-state index contributed by atoms with van der Waals surface area (Å²) in [5.41, 5.74) is 1.94. The van der Waals surface area contributed by atoms with Crippen LogP contribution in [0.5, 0.6) is 0 Å². The number of carbonyl (C=O) groups excluding carboxylic acids is 1. The van der Waals surface area contributed by atoms with Gasteiger partial charge >= 0.3 is 6.09 Å². The minimum Gasteiger partial charge on any atom is -0.623 e. The van der Waals surface area contributed by atoms with Crippen molar-refractivity contribution in [1.29, 1.82) is 0 Å². The first-order valence-corrected chi connectivity index (χ1v) is 9.22. The topological polar surface area (TPSA) is 80.2 Å². The van der Waals surface area contributed by atoms with Crippen molar-refractivity contribution in [3.63, 3.8) is 0 Å². The van der Waals surface area contributed by atoms with Gasteiger partial charge in [0.15, 0.2) is 6.21 Å². The lowest BCUT2D eigenvalue weighted by atomic mass is 10.1. The number of H-pyrrole nitrogens is 1. The van der Waals surface area contributed by atoms with E-state index in [2.05, 4.69) is 10.3 Å². The van der Waals surface area contributed by atoms with Gasteiger partial charge in [-0.2, -0.15) is 0 Å². The molecule has 1 atom stereocenters. The van der Waals surface area contributed by atoms with Crippen molar-refractivity contribution in [2.24, 2.45) is 0 Å². The molecule has 0 fully saturated rings. The van der Waals surface area contributed by atoms with E-state index in [0.717, 1.165) is 26.8 Å². The van der Waals surface area contributed by atoms with Crippen molar-refractivity contribution in [3.05, 3.63) is 77.1 Å². The molecule has 1 heterocycles. The smallest absolute Gasteiger partial charge is 0.407 e. The Morgan fingerprint density at radius 1 is 1.18 bits per heavy atom. The lowest BCUT2D eigenvalue weighted by Crippen LogP contribution is -2.36. The van der Waals surface area contributed by atoms with Crippen molar-refractivity contribution in [3.8, 4) is 0 Å². The Balaban J connectivity index is 1.90. The van der Waals surface area contributed by atoms with Gasteiger partial charge in [-0.05, 0) is 39.0 Å². The van der Waals surface area contributed by atoms with Gasteiger partial charge in [0.1, 0.15) is 5.60 Å². The number of ether oxygens (including phenoxy) is 1. The van der Waals surface area contributed by atoms with E-state index in [4.69, 9.17) is 4.74 Å². The molecular weight excluding hydrogens is 354 g/mol. The van der Waals surface area contributed by atoms with Gasteiger partial charge in [-0.25, -0.2) is 9.53 Å². The lowest BCUT2D eigenvalue weighted by Gasteiger charge is -2.21. The average molecular weight is 379 g/mol. The fourth-order valence-electron chi connectivity index (χ4n) is 2.98. The van der Waals surface area contributed by atoms with Crippen molar-refractivity contribution in [1.82, 2.24) is 10.3 Å². The maximum atomic E-state index is 13.0. The van der Waals surface area contributed by atoms with Crippen LogP contribution >= 0.6 is 0 Å². The number of aromatic amines is 1. The number of aromatic nitrogens is 1. The lowest BCUT2D eigenvalue weighted by molar-refractivity contribution is -0.500. The first kappa shape index (κ1) is 19.5. The summed E-state index contributed by atoms with van der Waals surface area (Å²) >= 11 is 0. The summed E-state index contributed by atoms with van der Waals surface area (Å²) in [4.78, 5) is 15.3. The molecule has 146 valence electrons. The van der Waals surface area contributed by atoms with Crippen LogP contribution in [0.4, 0.5) is 4.79 Å². The average Bonchev–Trinajstić information content (AvgIpc) is 3.05. The van der Waals surface area contributed by atoms with Crippen LogP contribution in [0.15, 0.2) is 60.8 Å². The van der Waals surface area contributed by atoms with Crippen LogP contribution in [0.3, 0.4) is 0 Å². The van der Waals surface area contributed by atoms with Crippen LogP contribution in [0, 0.1) is 5.21 Å². The third-order valence-electron chi connectivity index (χ3n) is 4.20. The van der Waals surface area contributed by atoms with Gasteiger partial charge in [0.05, 0.1) is 6.54 Å². The van der Waals surface area contributed by atoms with Crippen molar-refractivity contribution in [2.75, 3.05) is 6.54 Å². The predicted molar refractivity (Wildman–Crippen MR) is 111 cm³/mol. The van der Waals surface area contributed by atoms with Gasteiger partial charge < -0.3 is 20.2 Å². The van der Waals surface area contributed by atoms with E-state index in [-0.39, 0.29) is 6.54 Å². The number of nitrogens with one attached hydrogen (secondary N) is 2. The van der Waals surface area contributed by atoms with E-state index in [1.165, 1.54) is 6.21 Å². The second kappa shape index (κ2) is 8.17. The maximum absolute atomic E-state index is 13.0. The third kappa shape index (κ3) is 4.91. The van der Waals surface area contributed by atoms with Gasteiger partial charge in [-0.15, -0.1) is 0 Å². The third-order valence-corrected chi connectivity index (χ3v) is 4.20. The van der Waals surface area contributed by atoms with Crippen molar-refractivity contribution in [2.45, 2.75) is 32.4 Å². The summed E-state index contributed by atoms with van der Waals surface area (Å²) in [6, 6.07) is 16.5. The monoisotopic (exact) mass is 379 g/mol. The Hall–Kier alpha value is -3.28. The molecule has 2 N–H and O–H groups in total. The number of hydroxylamine groups is 1. The Bertz CT molecular complexity index is 971. The summed E-state index contributed by atoms with van der Waals surface area (Å²) in [7, 11) is 0. The summed E-state index contributed by atoms with van der Waals surface area (Å²) in [6.07, 6.45) is 2.80. The second-order valence-corrected chi connectivity index (χ2v) is 7.59. The van der Waals surface area contributed by atoms with Crippen LogP contribution in [-0.2, 0) is 4.74 Å². The minimum atomic E-state index is -0.608. The number of para-hydroxylation sites is 1. The number of nitrogens with zero attached hydrogens (tertiary/aromatic N) is 1. The van der Waals surface area contributed by atoms with E-state index in [0.29, 0.717) is 0 Å². The summed E-state index contributed by atoms with van der Waals surface area (Å²) < 4.78 is 6.18. The SMILES string of the molecule is CC(C)(C)OC(=O)NCC(c1c[nH]c2ccccc12)/[N+]([O-])=C/c1ccccc1. The number of rotatable bonds is 5. The fraction of sp³-hybridized carbons (Fsp3) is 0.273. The molecule has 0 saturated heterocycles. The molecule has 3 aromatic rings. The largest absolute Gasteiger partial charge is 0.623 e. The quantitative estimate of drug-likeness (QED) is 0.299. The molecular formula is C22H25N3O3. The van der Waals surface area contributed by atoms with E-state index in [9.17, 15) is 10.0 Å². The molecule has 0 spiro atoms. The molecule has 0 bridgehead atoms. The Morgan fingerprint density at radius 3 is 2.57 bits per heavy atom. The highest BCUT2D eigenvalue weighted by atomic mass is 16.6. The summed E-state index contributed by atoms with van der Waals surface area (Å²) in [6.45, 7) is 5.51. The first-order valence-electron chi connectivity index (χ1n) is 9.22. The minimum absolute atomic E-state index is 0.115. The Kier molecular flexibility index (Phi) is 5.68. The van der Waals surface area contributed by atoms with E-state index in [1.807, 2.05) is 60.8 Å². The normalized spacial score (nSPS) is 13.3. The number of carbonyl (C=O) groups is 1. The highest BCUT2D eigenvalue weighted by Gasteiger charge is 2.25. The van der Waals surface area contributed by atoms with Gasteiger partial charge in [-0.3, -0.25) is 0 Å². The molecule has 0 radical (unpaired) electrons. The van der Waals surface area contributed by atoms with Gasteiger partial charge in [-0.1, -0.05) is 36.4 Å². The number of hydrogen-bond acceptors (Lipinski definition) is 3. The van der Waals surface area contributed by atoms with Crippen LogP contribution in [0.1, 0.15) is 37.9 Å². The van der Waals surface area contributed by atoms with Crippen LogP contribution < -0.4 is 5.32 Å². The van der Waals surface area contributed by atoms with E-state index >= 15 is 0 Å². The molecule has 1 aromatic heterocycles. The molecule has 0 saturated carbocycles. The zero-order valence-corrected chi connectivity index (χ0v) is 16.3. The maximum Gasteiger partial charge on any atom is 0.407 e. The zero-order valence-electron chi connectivity index (χ0n) is 16.3. The van der Waals surface area contributed by atoms with Gasteiger partial charge in [0.25, 0.3) is 0 Å². The molecule has 6 nitrogen and oxygen atoms in total. The van der Waals surface area contributed by atoms with Crippen LogP contribution in [0.2, 0.25) is 0 Å². The second-order valence-electron chi connectivity index (χ2n) is 7.59. The number of fused-ring (bicyclic) bond motifs is 1. The Labute approximate surface area is 164 Å². The highest BCUT2D eigenvalue weighted by Crippen LogP contribution is 2.26. The molecule has 1 amide bonds. The molecule has 28 heavy (non-hydrogen) atoms. The molecule has 0 aliphatic carbocycles. The van der Waals surface area contributed by atoms with E-state index < -0.39 is 17.7 Å². The molecule has 0 aliphatic rings.